The van der Waals surface area contributed by atoms with Crippen molar-refractivity contribution < 1.29 is 23.4 Å². The van der Waals surface area contributed by atoms with E-state index in [4.69, 9.17) is 25.0 Å². The number of amides is 1. The fraction of sp³-hybridized carbons (Fsp3) is 0.429. The van der Waals surface area contributed by atoms with Crippen LogP contribution in [0.1, 0.15) is 61.1 Å². The Bertz CT molecular complexity index is 1150. The van der Waals surface area contributed by atoms with Crippen LogP contribution in [0.2, 0.25) is 0 Å². The molecule has 1 atom stereocenters. The fourth-order valence-corrected chi connectivity index (χ4v) is 5.32. The van der Waals surface area contributed by atoms with Crippen molar-refractivity contribution in [2.75, 3.05) is 13.2 Å². The van der Waals surface area contributed by atoms with Gasteiger partial charge in [0.15, 0.2) is 6.29 Å². The Kier molecular flexibility index (Phi) is 7.63. The summed E-state index contributed by atoms with van der Waals surface area (Å²) in [5.74, 6) is -0.274. The number of ether oxygens (including phenoxy) is 3. The zero-order chi connectivity index (χ0) is 24.9. The van der Waals surface area contributed by atoms with Crippen molar-refractivity contribution in [1.82, 2.24) is 9.78 Å². The van der Waals surface area contributed by atoms with Gasteiger partial charge < -0.3 is 19.9 Å². The Morgan fingerprint density at radius 3 is 2.44 bits per heavy atom. The van der Waals surface area contributed by atoms with E-state index >= 15 is 0 Å². The summed E-state index contributed by atoms with van der Waals surface area (Å²) in [6.45, 7) is 1.12. The number of aromatic nitrogens is 2. The molecule has 0 bridgehead atoms. The average Bonchev–Trinajstić information content (AvgIpc) is 3.65. The van der Waals surface area contributed by atoms with Crippen LogP contribution in [0.25, 0.3) is 11.3 Å². The molecule has 1 unspecified atom stereocenters. The van der Waals surface area contributed by atoms with Gasteiger partial charge in [0.25, 0.3) is 0 Å². The highest BCUT2D eigenvalue weighted by Gasteiger charge is 2.30. The first-order valence-electron chi connectivity index (χ1n) is 12.7. The molecule has 2 aromatic carbocycles. The second-order valence-corrected chi connectivity index (χ2v) is 9.41. The van der Waals surface area contributed by atoms with Crippen molar-refractivity contribution in [1.29, 1.82) is 0 Å². The van der Waals surface area contributed by atoms with Gasteiger partial charge in [0, 0.05) is 17.5 Å². The molecule has 36 heavy (non-hydrogen) atoms. The van der Waals surface area contributed by atoms with E-state index in [0.29, 0.717) is 32.5 Å². The van der Waals surface area contributed by atoms with Gasteiger partial charge in [-0.3, -0.25) is 4.68 Å². The first-order chi connectivity index (χ1) is 17.6. The molecule has 1 amide bonds. The van der Waals surface area contributed by atoms with Gasteiger partial charge in [0.05, 0.1) is 30.6 Å². The van der Waals surface area contributed by atoms with E-state index in [-0.39, 0.29) is 18.1 Å². The van der Waals surface area contributed by atoms with Gasteiger partial charge in [-0.25, -0.2) is 9.18 Å². The number of hydrogen-bond donors (Lipinski definition) is 1. The summed E-state index contributed by atoms with van der Waals surface area (Å²) >= 11 is 0. The topological polar surface area (TPSA) is 88.6 Å². The van der Waals surface area contributed by atoms with Crippen LogP contribution in [-0.4, -0.2) is 35.4 Å². The molecule has 0 spiro atoms. The molecule has 3 aromatic rings. The van der Waals surface area contributed by atoms with E-state index in [0.717, 1.165) is 53.8 Å². The maximum Gasteiger partial charge on any atom is 0.405 e. The van der Waals surface area contributed by atoms with Crippen LogP contribution >= 0.6 is 0 Å². The summed E-state index contributed by atoms with van der Waals surface area (Å²) in [5.41, 5.74) is 10.1. The van der Waals surface area contributed by atoms with Crippen LogP contribution in [0.4, 0.5) is 9.18 Å². The number of benzene rings is 2. The number of hydrogen-bond acceptors (Lipinski definition) is 5. The van der Waals surface area contributed by atoms with Gasteiger partial charge >= 0.3 is 6.09 Å². The van der Waals surface area contributed by atoms with Crippen LogP contribution < -0.4 is 5.73 Å². The second-order valence-electron chi connectivity index (χ2n) is 9.41. The molecule has 2 heterocycles. The first-order valence-corrected chi connectivity index (χ1v) is 12.7. The smallest absolute Gasteiger partial charge is 0.405 e. The van der Waals surface area contributed by atoms with E-state index in [1.807, 2.05) is 42.5 Å². The maximum atomic E-state index is 13.8. The number of nitrogens with zero attached hydrogens (tertiary/aromatic N) is 2. The Hall–Kier alpha value is -3.23. The fourth-order valence-electron chi connectivity index (χ4n) is 5.32. The molecule has 1 saturated carbocycles. The monoisotopic (exact) mass is 493 g/mol. The lowest BCUT2D eigenvalue weighted by atomic mass is 9.97. The van der Waals surface area contributed by atoms with Gasteiger partial charge in [0.1, 0.15) is 11.9 Å². The predicted molar refractivity (Wildman–Crippen MR) is 133 cm³/mol. The third-order valence-corrected chi connectivity index (χ3v) is 7.01. The van der Waals surface area contributed by atoms with Crippen molar-refractivity contribution in [2.45, 2.75) is 63.4 Å². The quantitative estimate of drug-likeness (QED) is 0.426. The summed E-state index contributed by atoms with van der Waals surface area (Å²) < 4.78 is 33.0. The van der Waals surface area contributed by atoms with Crippen molar-refractivity contribution in [3.63, 3.8) is 0 Å². The summed E-state index contributed by atoms with van der Waals surface area (Å²) in [4.78, 5) is 11.7. The van der Waals surface area contributed by atoms with E-state index in [1.165, 1.54) is 12.1 Å². The Labute approximate surface area is 210 Å². The number of carbonyl (C=O) groups excluding carboxylic acids is 1. The van der Waals surface area contributed by atoms with E-state index in [2.05, 4.69) is 4.68 Å². The van der Waals surface area contributed by atoms with Crippen molar-refractivity contribution in [2.24, 2.45) is 5.73 Å². The largest absolute Gasteiger partial charge is 0.442 e. The van der Waals surface area contributed by atoms with Crippen LogP contribution in [0.15, 0.2) is 54.6 Å². The lowest BCUT2D eigenvalue weighted by Crippen LogP contribution is -2.18. The van der Waals surface area contributed by atoms with Crippen LogP contribution in [0.5, 0.6) is 0 Å². The van der Waals surface area contributed by atoms with E-state index < -0.39 is 12.2 Å². The number of aryl methyl sites for hydroxylation is 1. The lowest BCUT2D eigenvalue weighted by molar-refractivity contribution is -0.0400. The molecule has 2 aliphatic rings. The van der Waals surface area contributed by atoms with Crippen molar-refractivity contribution >= 4 is 6.09 Å². The molecule has 1 aliphatic carbocycles. The number of rotatable bonds is 9. The van der Waals surface area contributed by atoms with Gasteiger partial charge in [0.2, 0.25) is 0 Å². The molecule has 7 nitrogen and oxygen atoms in total. The van der Waals surface area contributed by atoms with Crippen molar-refractivity contribution in [3.8, 4) is 11.3 Å². The summed E-state index contributed by atoms with van der Waals surface area (Å²) in [5, 5.41) is 5.12. The highest BCUT2D eigenvalue weighted by Crippen LogP contribution is 2.38. The van der Waals surface area contributed by atoms with Gasteiger partial charge in [-0.05, 0) is 55.5 Å². The third-order valence-electron chi connectivity index (χ3n) is 7.01. The molecule has 1 aromatic heterocycles. The average molecular weight is 494 g/mol. The molecule has 190 valence electrons. The minimum absolute atomic E-state index is 0.274. The molecular weight excluding hydrogens is 461 g/mol. The van der Waals surface area contributed by atoms with Crippen LogP contribution in [-0.2, 0) is 27.1 Å². The molecule has 0 radical (unpaired) electrons. The zero-order valence-corrected chi connectivity index (χ0v) is 20.3. The molecule has 5 rings (SSSR count). The standard InChI is InChI=1S/C28H32FN3O4/c29-21-12-10-20(11-13-21)27-23(18-26-34-16-17-35-26)24(31-32(27)22-8-4-5-9-22)14-15-25(36-28(30)33)19-6-2-1-3-7-19/h1-3,6-7,10-13,22,25-26H,4-5,8-9,14-18H2,(H2,30,33). The Morgan fingerprint density at radius 1 is 1.08 bits per heavy atom. The highest BCUT2D eigenvalue weighted by atomic mass is 19.1. The third kappa shape index (κ3) is 5.60. The van der Waals surface area contributed by atoms with E-state index in [9.17, 15) is 9.18 Å². The molecule has 1 aliphatic heterocycles. The normalized spacial score (nSPS) is 17.5. The summed E-state index contributed by atoms with van der Waals surface area (Å²) in [6, 6.07) is 16.5. The Morgan fingerprint density at radius 2 is 1.78 bits per heavy atom. The summed E-state index contributed by atoms with van der Waals surface area (Å²) in [7, 11) is 0. The molecule has 2 N–H and O–H groups in total. The lowest BCUT2D eigenvalue weighted by Gasteiger charge is -2.17. The van der Waals surface area contributed by atoms with Gasteiger partial charge in [-0.1, -0.05) is 43.2 Å². The SMILES string of the molecule is NC(=O)OC(CCc1nn(C2CCCC2)c(-c2ccc(F)cc2)c1CC1OCCO1)c1ccccc1. The molecule has 8 heteroatoms. The predicted octanol–water partition coefficient (Wildman–Crippen LogP) is 5.49. The first kappa shape index (κ1) is 24.5. The minimum Gasteiger partial charge on any atom is -0.442 e. The van der Waals surface area contributed by atoms with Gasteiger partial charge in [-0.15, -0.1) is 0 Å². The minimum atomic E-state index is -0.805. The van der Waals surface area contributed by atoms with Crippen LogP contribution in [0.3, 0.4) is 0 Å². The molecule has 1 saturated heterocycles. The Balaban J connectivity index is 1.52. The maximum absolute atomic E-state index is 13.8. The molecular formula is C28H32FN3O4. The zero-order valence-electron chi connectivity index (χ0n) is 20.3. The summed E-state index contributed by atoms with van der Waals surface area (Å²) in [6.07, 6.45) is 4.44. The van der Waals surface area contributed by atoms with Crippen molar-refractivity contribution in [3.05, 3.63) is 77.2 Å². The number of nitrogens with two attached hydrogens (primary N) is 1. The van der Waals surface area contributed by atoms with Gasteiger partial charge in [-0.2, -0.15) is 5.10 Å². The molecule has 2 fully saturated rings. The number of halogens is 1. The number of carbonyl (C=O) groups is 1. The highest BCUT2D eigenvalue weighted by molar-refractivity contribution is 5.66. The van der Waals surface area contributed by atoms with E-state index in [1.54, 1.807) is 0 Å². The van der Waals surface area contributed by atoms with Crippen LogP contribution in [0, 0.1) is 5.82 Å². The number of primary amides is 1. The second kappa shape index (κ2) is 11.2.